The highest BCUT2D eigenvalue weighted by atomic mass is 16.6. The summed E-state index contributed by atoms with van der Waals surface area (Å²) in [5.74, 6) is -3.78. The molecule has 0 spiro atoms. The number of aromatic hydroxyl groups is 2. The van der Waals surface area contributed by atoms with Crippen LogP contribution < -0.4 is 10.2 Å². The third-order valence-corrected chi connectivity index (χ3v) is 6.36. The number of carbonyl (C=O) groups excluding carboxylic acids is 4. The molecule has 5 atom stereocenters. The van der Waals surface area contributed by atoms with Crippen LogP contribution in [0.25, 0.3) is 22.3 Å². The Bertz CT molecular complexity index is 1600. The normalized spacial score (nSPS) is 21.8. The van der Waals surface area contributed by atoms with Crippen molar-refractivity contribution in [2.45, 2.75) is 65.1 Å². The Morgan fingerprint density at radius 1 is 0.762 bits per heavy atom. The molecule has 2 heterocycles. The Morgan fingerprint density at radius 2 is 1.33 bits per heavy atom. The molecule has 0 bridgehead atoms. The van der Waals surface area contributed by atoms with Gasteiger partial charge in [0.25, 0.3) is 0 Å². The third kappa shape index (κ3) is 6.20. The standard InChI is InChI=1S/C29H28O13/c1-12-25(39-14(3)31)28(40-15(4)32)29(41-16(5)33)27(37-12)24-20(35)10-19(34)23-21(36)11-22(42-26(23)24)17-6-8-18(9-7-17)38-13(2)30/h6-12,25,27-29,34-35H,1-5H3. The van der Waals surface area contributed by atoms with Gasteiger partial charge in [0, 0.05) is 45.4 Å². The van der Waals surface area contributed by atoms with Crippen LogP contribution in [0.5, 0.6) is 17.2 Å². The molecule has 3 aromatic rings. The Morgan fingerprint density at radius 3 is 1.90 bits per heavy atom. The zero-order valence-corrected chi connectivity index (χ0v) is 23.2. The number of carbonyl (C=O) groups is 4. The van der Waals surface area contributed by atoms with Gasteiger partial charge in [-0.1, -0.05) is 0 Å². The summed E-state index contributed by atoms with van der Waals surface area (Å²) in [5, 5.41) is 21.3. The number of phenolic OH excluding ortho intramolecular Hbond substituents is 2. The number of rotatable bonds is 6. The van der Waals surface area contributed by atoms with Crippen LogP contribution in [-0.4, -0.2) is 58.5 Å². The lowest BCUT2D eigenvalue weighted by Crippen LogP contribution is -2.57. The fraction of sp³-hybridized carbons (Fsp3) is 0.345. The summed E-state index contributed by atoms with van der Waals surface area (Å²) >= 11 is 0. The van der Waals surface area contributed by atoms with Crippen LogP contribution in [0.3, 0.4) is 0 Å². The summed E-state index contributed by atoms with van der Waals surface area (Å²) < 4.78 is 33.4. The van der Waals surface area contributed by atoms with Crippen LogP contribution in [0.1, 0.15) is 46.3 Å². The van der Waals surface area contributed by atoms with E-state index in [4.69, 9.17) is 28.1 Å². The molecule has 13 nitrogen and oxygen atoms in total. The predicted molar refractivity (Wildman–Crippen MR) is 143 cm³/mol. The first-order valence-electron chi connectivity index (χ1n) is 12.8. The highest BCUT2D eigenvalue weighted by Gasteiger charge is 2.52. The maximum Gasteiger partial charge on any atom is 0.308 e. The number of phenols is 2. The smallest absolute Gasteiger partial charge is 0.308 e. The molecule has 0 radical (unpaired) electrons. The molecule has 1 aromatic heterocycles. The van der Waals surface area contributed by atoms with E-state index in [9.17, 15) is 34.2 Å². The van der Waals surface area contributed by atoms with Crippen molar-refractivity contribution in [3.05, 3.63) is 52.2 Å². The fourth-order valence-corrected chi connectivity index (χ4v) is 4.84. The zero-order valence-electron chi connectivity index (χ0n) is 23.2. The summed E-state index contributed by atoms with van der Waals surface area (Å²) in [6.07, 6.45) is -6.52. The van der Waals surface area contributed by atoms with Gasteiger partial charge in [-0.15, -0.1) is 0 Å². The van der Waals surface area contributed by atoms with Crippen LogP contribution in [0.4, 0.5) is 0 Å². The minimum Gasteiger partial charge on any atom is -0.507 e. The minimum absolute atomic E-state index is 0.00958. The summed E-state index contributed by atoms with van der Waals surface area (Å²) in [5.41, 5.74) is -0.812. The van der Waals surface area contributed by atoms with E-state index in [-0.39, 0.29) is 28.0 Å². The van der Waals surface area contributed by atoms with Gasteiger partial charge in [0.1, 0.15) is 34.5 Å². The molecule has 0 amide bonds. The lowest BCUT2D eigenvalue weighted by Gasteiger charge is -2.44. The van der Waals surface area contributed by atoms with Crippen molar-refractivity contribution in [2.75, 3.05) is 0 Å². The van der Waals surface area contributed by atoms with Gasteiger partial charge in [-0.2, -0.15) is 0 Å². The van der Waals surface area contributed by atoms with Gasteiger partial charge in [-0.05, 0) is 31.2 Å². The molecule has 42 heavy (non-hydrogen) atoms. The average Bonchev–Trinajstić information content (AvgIpc) is 2.87. The van der Waals surface area contributed by atoms with Gasteiger partial charge < -0.3 is 38.3 Å². The molecular weight excluding hydrogens is 556 g/mol. The molecular formula is C29H28O13. The number of ether oxygens (including phenoxy) is 5. The molecule has 0 aliphatic carbocycles. The highest BCUT2D eigenvalue weighted by Crippen LogP contribution is 2.45. The summed E-state index contributed by atoms with van der Waals surface area (Å²) in [4.78, 5) is 60.6. The third-order valence-electron chi connectivity index (χ3n) is 6.36. The van der Waals surface area contributed by atoms with Gasteiger partial charge >= 0.3 is 23.9 Å². The van der Waals surface area contributed by atoms with E-state index < -0.39 is 71.3 Å². The Kier molecular flexibility index (Phi) is 8.52. The molecule has 5 unspecified atom stereocenters. The van der Waals surface area contributed by atoms with Gasteiger partial charge in [-0.25, -0.2) is 0 Å². The van der Waals surface area contributed by atoms with Crippen molar-refractivity contribution < 1.29 is 57.5 Å². The second-order valence-electron chi connectivity index (χ2n) is 9.61. The summed E-state index contributed by atoms with van der Waals surface area (Å²) in [7, 11) is 0. The molecule has 1 fully saturated rings. The first-order valence-corrected chi connectivity index (χ1v) is 12.8. The number of hydrogen-bond acceptors (Lipinski definition) is 13. The second-order valence-corrected chi connectivity index (χ2v) is 9.61. The maximum absolute atomic E-state index is 13.2. The van der Waals surface area contributed by atoms with E-state index >= 15 is 0 Å². The fourth-order valence-electron chi connectivity index (χ4n) is 4.84. The van der Waals surface area contributed by atoms with E-state index in [0.717, 1.165) is 32.9 Å². The second kappa shape index (κ2) is 11.9. The molecule has 1 aliphatic rings. The maximum atomic E-state index is 13.2. The SMILES string of the molecule is CC(=O)Oc1ccc(-c2cc(=O)c3c(O)cc(O)c(C4OC(C)C(OC(C)=O)C(OC(C)=O)C4OC(C)=O)c3o2)cc1. The zero-order chi connectivity index (χ0) is 30.9. The lowest BCUT2D eigenvalue weighted by atomic mass is 9.89. The molecule has 2 aromatic carbocycles. The van der Waals surface area contributed by atoms with E-state index in [2.05, 4.69) is 0 Å². The van der Waals surface area contributed by atoms with Crippen LogP contribution in [0, 0.1) is 0 Å². The largest absolute Gasteiger partial charge is 0.507 e. The predicted octanol–water partition coefficient (Wildman–Crippen LogP) is 3.05. The molecule has 4 rings (SSSR count). The number of benzene rings is 2. The van der Waals surface area contributed by atoms with E-state index in [1.54, 1.807) is 0 Å². The van der Waals surface area contributed by atoms with Crippen molar-refractivity contribution in [3.63, 3.8) is 0 Å². The van der Waals surface area contributed by atoms with Crippen LogP contribution in [0.15, 0.2) is 45.6 Å². The van der Waals surface area contributed by atoms with Gasteiger partial charge in [0.15, 0.2) is 29.3 Å². The Labute approximate surface area is 238 Å². The van der Waals surface area contributed by atoms with Crippen molar-refractivity contribution in [2.24, 2.45) is 0 Å². The van der Waals surface area contributed by atoms with Gasteiger partial charge in [0.2, 0.25) is 0 Å². The van der Waals surface area contributed by atoms with Crippen LogP contribution >= 0.6 is 0 Å². The molecule has 13 heteroatoms. The van der Waals surface area contributed by atoms with Gasteiger partial charge in [-0.3, -0.25) is 24.0 Å². The molecule has 0 saturated carbocycles. The Balaban J connectivity index is 1.93. The highest BCUT2D eigenvalue weighted by molar-refractivity contribution is 5.89. The molecule has 1 aliphatic heterocycles. The molecule has 2 N–H and O–H groups in total. The van der Waals surface area contributed by atoms with Crippen molar-refractivity contribution in [3.8, 4) is 28.6 Å². The first-order chi connectivity index (χ1) is 19.8. The molecule has 1 saturated heterocycles. The quantitative estimate of drug-likeness (QED) is 0.245. The Hall–Kier alpha value is -4.91. The summed E-state index contributed by atoms with van der Waals surface area (Å²) in [6, 6.07) is 8.01. The number of hydrogen-bond donors (Lipinski definition) is 2. The average molecular weight is 585 g/mol. The van der Waals surface area contributed by atoms with E-state index in [0.29, 0.717) is 5.56 Å². The lowest BCUT2D eigenvalue weighted by molar-refractivity contribution is -0.245. The van der Waals surface area contributed by atoms with Gasteiger partial charge in [0.05, 0.1) is 11.7 Å². The number of esters is 4. The van der Waals surface area contributed by atoms with Crippen LogP contribution in [0.2, 0.25) is 0 Å². The van der Waals surface area contributed by atoms with Crippen molar-refractivity contribution in [1.29, 1.82) is 0 Å². The van der Waals surface area contributed by atoms with E-state index in [1.807, 2.05) is 0 Å². The molecule has 222 valence electrons. The topological polar surface area (TPSA) is 185 Å². The minimum atomic E-state index is -1.50. The van der Waals surface area contributed by atoms with Crippen molar-refractivity contribution in [1.82, 2.24) is 0 Å². The monoisotopic (exact) mass is 584 g/mol. The first kappa shape index (κ1) is 30.1. The van der Waals surface area contributed by atoms with Crippen LogP contribution in [-0.2, 0) is 38.1 Å². The number of fused-ring (bicyclic) bond motifs is 1. The van der Waals surface area contributed by atoms with E-state index in [1.165, 1.54) is 38.1 Å². The van der Waals surface area contributed by atoms with Crippen molar-refractivity contribution >= 4 is 34.8 Å². The summed E-state index contributed by atoms with van der Waals surface area (Å²) in [6.45, 7) is 6.09.